The van der Waals surface area contributed by atoms with Crippen LogP contribution in [0.1, 0.15) is 23.4 Å². The van der Waals surface area contributed by atoms with E-state index in [4.69, 9.17) is 14.9 Å². The lowest BCUT2D eigenvalue weighted by atomic mass is 10.1. The molecule has 36 heavy (non-hydrogen) atoms. The van der Waals surface area contributed by atoms with Crippen molar-refractivity contribution < 1.29 is 19.1 Å². The lowest BCUT2D eigenvalue weighted by Crippen LogP contribution is -2.41. The maximum Gasteiger partial charge on any atom is 0.283 e. The molecule has 3 aliphatic heterocycles. The summed E-state index contributed by atoms with van der Waals surface area (Å²) < 4.78 is 12.7. The minimum absolute atomic E-state index is 0.0522. The Morgan fingerprint density at radius 3 is 2.78 bits per heavy atom. The van der Waals surface area contributed by atoms with Crippen LogP contribution < -0.4 is 4.74 Å². The molecule has 0 radical (unpaired) electrons. The van der Waals surface area contributed by atoms with E-state index < -0.39 is 5.91 Å². The molecule has 1 aromatic heterocycles. The van der Waals surface area contributed by atoms with Crippen molar-refractivity contribution in [3.05, 3.63) is 52.9 Å². The zero-order chi connectivity index (χ0) is 25.4. The molecular weight excluding hydrogens is 480 g/mol. The first-order valence-corrected chi connectivity index (χ1v) is 12.4. The summed E-state index contributed by atoms with van der Waals surface area (Å²) in [6, 6.07) is 9.70. The highest BCUT2D eigenvalue weighted by Gasteiger charge is 2.36. The summed E-state index contributed by atoms with van der Waals surface area (Å²) >= 11 is 1.16. The van der Waals surface area contributed by atoms with Crippen molar-refractivity contribution in [3.8, 4) is 11.4 Å². The molecule has 1 fully saturated rings. The number of amides is 2. The van der Waals surface area contributed by atoms with Gasteiger partial charge in [-0.1, -0.05) is 6.07 Å². The standard InChI is InChI=1S/C25H26N6O4S/c1-15-11-17(16(2)30(15)18-5-4-6-19(13-18)34-3)12-20-23(26)31-25(27-24(20)33)36-21(28-31)14-22(32)29-7-9-35-10-8-29/h4-6,11-13,26H,7-10,14H2,1-3H3/b20-12-,26-23?. The largest absolute Gasteiger partial charge is 0.497 e. The van der Waals surface area contributed by atoms with Crippen molar-refractivity contribution >= 4 is 45.7 Å². The first-order chi connectivity index (χ1) is 17.4. The average Bonchev–Trinajstić information content (AvgIpc) is 3.41. The zero-order valence-corrected chi connectivity index (χ0v) is 21.1. The fourth-order valence-electron chi connectivity index (χ4n) is 4.39. The number of rotatable bonds is 5. The lowest BCUT2D eigenvalue weighted by molar-refractivity contribution is -0.133. The number of aryl methyl sites for hydroxylation is 1. The van der Waals surface area contributed by atoms with Gasteiger partial charge in [0.05, 0.1) is 32.3 Å². The Morgan fingerprint density at radius 2 is 2.03 bits per heavy atom. The molecule has 0 saturated carbocycles. The molecule has 0 atom stereocenters. The van der Waals surface area contributed by atoms with Gasteiger partial charge in [-0.2, -0.15) is 15.1 Å². The monoisotopic (exact) mass is 506 g/mol. The second-order valence-electron chi connectivity index (χ2n) is 8.55. The van der Waals surface area contributed by atoms with E-state index in [2.05, 4.69) is 14.7 Å². The Balaban J connectivity index is 1.40. The van der Waals surface area contributed by atoms with Gasteiger partial charge in [-0.25, -0.2) is 0 Å². The maximum atomic E-state index is 12.9. The number of aliphatic imine (C=N–C) groups is 1. The number of nitrogens with zero attached hydrogens (tertiary/aromatic N) is 5. The number of benzene rings is 1. The molecule has 0 unspecified atom stereocenters. The van der Waals surface area contributed by atoms with Crippen molar-refractivity contribution in [1.82, 2.24) is 14.5 Å². The molecule has 1 aromatic carbocycles. The molecule has 186 valence electrons. The van der Waals surface area contributed by atoms with Crippen molar-refractivity contribution in [2.24, 2.45) is 10.1 Å². The van der Waals surface area contributed by atoms with Crippen LogP contribution in [0.25, 0.3) is 11.8 Å². The third kappa shape index (κ3) is 4.47. The van der Waals surface area contributed by atoms with E-state index in [1.807, 2.05) is 44.2 Å². The molecular formula is C25H26N6O4S. The third-order valence-electron chi connectivity index (χ3n) is 6.24. The van der Waals surface area contributed by atoms with Gasteiger partial charge < -0.3 is 18.9 Å². The Morgan fingerprint density at radius 1 is 1.25 bits per heavy atom. The first-order valence-electron chi connectivity index (χ1n) is 11.5. The van der Waals surface area contributed by atoms with E-state index in [1.165, 1.54) is 5.01 Å². The molecule has 11 heteroatoms. The number of carbonyl (C=O) groups is 2. The van der Waals surface area contributed by atoms with E-state index in [0.717, 1.165) is 40.2 Å². The normalized spacial score (nSPS) is 18.9. The van der Waals surface area contributed by atoms with Crippen LogP contribution in [0, 0.1) is 19.3 Å². The summed E-state index contributed by atoms with van der Waals surface area (Å²) in [5.41, 5.74) is 3.79. The average molecular weight is 507 g/mol. The minimum atomic E-state index is -0.499. The number of carbonyl (C=O) groups excluding carboxylic acids is 2. The third-order valence-corrected chi connectivity index (χ3v) is 7.15. The maximum absolute atomic E-state index is 12.9. The van der Waals surface area contributed by atoms with Crippen LogP contribution in [0.15, 0.2) is 46.0 Å². The summed E-state index contributed by atoms with van der Waals surface area (Å²) in [6.45, 7) is 6.10. The van der Waals surface area contributed by atoms with Crippen LogP contribution in [0.3, 0.4) is 0 Å². The SMILES string of the molecule is COc1cccc(-n2c(C)cc(/C=C3/C(=N)N4N=C(CC(=O)N5CCOCC5)SC4=NC3=O)c2C)c1. The van der Waals surface area contributed by atoms with E-state index >= 15 is 0 Å². The number of hydrogen-bond acceptors (Lipinski definition) is 7. The number of aromatic nitrogens is 1. The van der Waals surface area contributed by atoms with Gasteiger partial charge in [0.1, 0.15) is 10.8 Å². The summed E-state index contributed by atoms with van der Waals surface area (Å²) in [5, 5.41) is 15.2. The highest BCUT2D eigenvalue weighted by Crippen LogP contribution is 2.31. The van der Waals surface area contributed by atoms with Crippen LogP contribution in [0.2, 0.25) is 0 Å². The fourth-order valence-corrected chi connectivity index (χ4v) is 5.27. The predicted molar refractivity (Wildman–Crippen MR) is 139 cm³/mol. The summed E-state index contributed by atoms with van der Waals surface area (Å²) in [4.78, 5) is 31.4. The number of morpholine rings is 1. The molecule has 3 aliphatic rings. The number of nitrogens with one attached hydrogen (secondary N) is 1. The Bertz CT molecular complexity index is 1350. The molecule has 10 nitrogen and oxygen atoms in total. The van der Waals surface area contributed by atoms with Gasteiger partial charge >= 0.3 is 0 Å². The van der Waals surface area contributed by atoms with Crippen molar-refractivity contribution in [1.29, 1.82) is 5.41 Å². The lowest BCUT2D eigenvalue weighted by Gasteiger charge is -2.26. The van der Waals surface area contributed by atoms with Gasteiger partial charge in [0, 0.05) is 36.2 Å². The van der Waals surface area contributed by atoms with E-state index in [-0.39, 0.29) is 23.7 Å². The Hall–Kier alpha value is -3.70. The van der Waals surface area contributed by atoms with Gasteiger partial charge in [-0.05, 0) is 55.4 Å². The highest BCUT2D eigenvalue weighted by molar-refractivity contribution is 8.27. The van der Waals surface area contributed by atoms with Gasteiger partial charge in [-0.3, -0.25) is 15.0 Å². The predicted octanol–water partition coefficient (Wildman–Crippen LogP) is 2.97. The van der Waals surface area contributed by atoms with E-state index in [9.17, 15) is 9.59 Å². The molecule has 0 aliphatic carbocycles. The van der Waals surface area contributed by atoms with Crippen LogP contribution in [0.4, 0.5) is 0 Å². The van der Waals surface area contributed by atoms with Gasteiger partial charge in [-0.15, -0.1) is 0 Å². The summed E-state index contributed by atoms with van der Waals surface area (Å²) in [7, 11) is 1.63. The van der Waals surface area contributed by atoms with Crippen molar-refractivity contribution in [2.75, 3.05) is 33.4 Å². The molecule has 0 bridgehead atoms. The molecule has 1 N–H and O–H groups in total. The number of ether oxygens (including phenoxy) is 2. The Kier molecular flexibility index (Phi) is 6.50. The van der Waals surface area contributed by atoms with Gasteiger partial charge in [0.15, 0.2) is 5.84 Å². The van der Waals surface area contributed by atoms with Crippen molar-refractivity contribution in [3.63, 3.8) is 0 Å². The smallest absolute Gasteiger partial charge is 0.283 e. The molecule has 5 rings (SSSR count). The molecule has 4 heterocycles. The van der Waals surface area contributed by atoms with E-state index in [1.54, 1.807) is 18.1 Å². The summed E-state index contributed by atoms with van der Waals surface area (Å²) in [6.07, 6.45) is 1.78. The van der Waals surface area contributed by atoms with Gasteiger partial charge in [0.25, 0.3) is 5.91 Å². The molecule has 1 saturated heterocycles. The zero-order valence-electron chi connectivity index (χ0n) is 20.3. The van der Waals surface area contributed by atoms with E-state index in [0.29, 0.717) is 36.5 Å². The molecule has 0 spiro atoms. The number of hydrazone groups is 1. The second kappa shape index (κ2) is 9.75. The summed E-state index contributed by atoms with van der Waals surface area (Å²) in [5.74, 6) is 0.139. The van der Waals surface area contributed by atoms with Crippen molar-refractivity contribution in [2.45, 2.75) is 20.3 Å². The Labute approximate surface area is 212 Å². The topological polar surface area (TPSA) is 113 Å². The van der Waals surface area contributed by atoms with Crippen LogP contribution in [0.5, 0.6) is 5.75 Å². The quantitative estimate of drug-likeness (QED) is 0.624. The fraction of sp³-hybridized carbons (Fsp3) is 0.320. The van der Waals surface area contributed by atoms with Crippen LogP contribution >= 0.6 is 11.8 Å². The number of methoxy groups -OCH3 is 1. The second-order valence-corrected chi connectivity index (χ2v) is 9.59. The highest BCUT2D eigenvalue weighted by atomic mass is 32.2. The van der Waals surface area contributed by atoms with Gasteiger partial charge in [0.2, 0.25) is 11.1 Å². The minimum Gasteiger partial charge on any atom is -0.497 e. The first kappa shape index (κ1) is 24.0. The van der Waals surface area contributed by atoms with Crippen LogP contribution in [-0.2, 0) is 14.3 Å². The number of hydrogen-bond donors (Lipinski definition) is 1. The number of thioether (sulfide) groups is 1. The number of fused-ring (bicyclic) bond motifs is 1. The molecule has 2 amide bonds. The van der Waals surface area contributed by atoms with Crippen LogP contribution in [-0.4, -0.2) is 75.8 Å². The number of amidine groups is 2. The molecule has 2 aromatic rings.